The summed E-state index contributed by atoms with van der Waals surface area (Å²) in [5.74, 6) is 1.76. The number of rotatable bonds is 2. The fourth-order valence-corrected chi connectivity index (χ4v) is 2.05. The summed E-state index contributed by atoms with van der Waals surface area (Å²) in [4.78, 5) is 0. The molecule has 0 saturated carbocycles. The molecule has 1 aromatic carbocycles. The molecule has 0 radical (unpaired) electrons. The number of anilines is 1. The number of hydrogen-bond donors (Lipinski definition) is 1. The van der Waals surface area contributed by atoms with E-state index in [0.717, 1.165) is 28.5 Å². The predicted molar refractivity (Wildman–Crippen MR) is 69.7 cm³/mol. The lowest BCUT2D eigenvalue weighted by atomic mass is 10.1. The van der Waals surface area contributed by atoms with E-state index in [4.69, 9.17) is 5.73 Å². The van der Waals surface area contributed by atoms with E-state index in [2.05, 4.69) is 28.6 Å². The summed E-state index contributed by atoms with van der Waals surface area (Å²) in [6.45, 7) is 8.20. The molecule has 0 amide bonds. The number of para-hydroxylation sites is 1. The summed E-state index contributed by atoms with van der Waals surface area (Å²) in [6, 6.07) is 6.31. The standard InChI is InChI=1S/C13H18N4/c1-8(2)17-10(4)15-16-13(17)11-7-5-6-9(3)12(11)14/h5-8H,14H2,1-4H3. The summed E-state index contributed by atoms with van der Waals surface area (Å²) in [6.07, 6.45) is 0. The molecule has 0 unspecified atom stereocenters. The monoisotopic (exact) mass is 230 g/mol. The van der Waals surface area contributed by atoms with Crippen LogP contribution in [0.3, 0.4) is 0 Å². The minimum Gasteiger partial charge on any atom is -0.398 e. The molecule has 2 N–H and O–H groups in total. The Labute approximate surface area is 101 Å². The van der Waals surface area contributed by atoms with Gasteiger partial charge in [0.2, 0.25) is 0 Å². The summed E-state index contributed by atoms with van der Waals surface area (Å²) >= 11 is 0. The van der Waals surface area contributed by atoms with E-state index >= 15 is 0 Å². The van der Waals surface area contributed by atoms with Gasteiger partial charge in [-0.25, -0.2) is 0 Å². The Bertz CT molecular complexity index is 540. The maximum atomic E-state index is 6.11. The van der Waals surface area contributed by atoms with Crippen LogP contribution >= 0.6 is 0 Å². The van der Waals surface area contributed by atoms with Gasteiger partial charge in [-0.15, -0.1) is 10.2 Å². The molecule has 1 heterocycles. The first-order chi connectivity index (χ1) is 8.02. The van der Waals surface area contributed by atoms with Gasteiger partial charge in [0.25, 0.3) is 0 Å². The highest BCUT2D eigenvalue weighted by Gasteiger charge is 2.15. The second kappa shape index (κ2) is 4.20. The molecule has 0 aliphatic carbocycles. The van der Waals surface area contributed by atoms with E-state index in [9.17, 15) is 0 Å². The van der Waals surface area contributed by atoms with Crippen LogP contribution in [0.4, 0.5) is 5.69 Å². The first-order valence-corrected chi connectivity index (χ1v) is 5.79. The zero-order chi connectivity index (χ0) is 12.6. The number of aromatic nitrogens is 3. The fraction of sp³-hybridized carbons (Fsp3) is 0.385. The Hall–Kier alpha value is -1.84. The number of nitrogens with zero attached hydrogens (tertiary/aromatic N) is 3. The Kier molecular flexibility index (Phi) is 2.88. The largest absolute Gasteiger partial charge is 0.398 e. The van der Waals surface area contributed by atoms with Crippen molar-refractivity contribution in [2.24, 2.45) is 0 Å². The smallest absolute Gasteiger partial charge is 0.166 e. The highest BCUT2D eigenvalue weighted by Crippen LogP contribution is 2.29. The van der Waals surface area contributed by atoms with Gasteiger partial charge in [0, 0.05) is 17.3 Å². The van der Waals surface area contributed by atoms with Gasteiger partial charge in [-0.1, -0.05) is 12.1 Å². The molecule has 4 heteroatoms. The Morgan fingerprint density at radius 2 is 1.88 bits per heavy atom. The first-order valence-electron chi connectivity index (χ1n) is 5.79. The summed E-state index contributed by atoms with van der Waals surface area (Å²) < 4.78 is 2.10. The number of hydrogen-bond acceptors (Lipinski definition) is 3. The summed E-state index contributed by atoms with van der Waals surface area (Å²) in [5, 5.41) is 8.38. The molecule has 2 rings (SSSR count). The number of aryl methyl sites for hydroxylation is 2. The zero-order valence-corrected chi connectivity index (χ0v) is 10.7. The quantitative estimate of drug-likeness (QED) is 0.807. The molecular weight excluding hydrogens is 212 g/mol. The van der Waals surface area contributed by atoms with Crippen molar-refractivity contribution < 1.29 is 0 Å². The van der Waals surface area contributed by atoms with Gasteiger partial charge in [-0.3, -0.25) is 0 Å². The lowest BCUT2D eigenvalue weighted by Gasteiger charge is -2.14. The van der Waals surface area contributed by atoms with E-state index in [1.54, 1.807) is 0 Å². The van der Waals surface area contributed by atoms with Crippen molar-refractivity contribution in [3.63, 3.8) is 0 Å². The summed E-state index contributed by atoms with van der Waals surface area (Å²) in [7, 11) is 0. The van der Waals surface area contributed by atoms with E-state index in [1.165, 1.54) is 0 Å². The van der Waals surface area contributed by atoms with Gasteiger partial charge in [-0.2, -0.15) is 0 Å². The van der Waals surface area contributed by atoms with E-state index in [1.807, 2.05) is 32.0 Å². The van der Waals surface area contributed by atoms with Crippen molar-refractivity contribution in [2.45, 2.75) is 33.7 Å². The molecule has 0 fully saturated rings. The normalized spacial score (nSPS) is 11.1. The molecule has 0 aliphatic heterocycles. The van der Waals surface area contributed by atoms with Gasteiger partial charge in [0.1, 0.15) is 5.82 Å². The number of nitrogens with two attached hydrogens (primary N) is 1. The minimum absolute atomic E-state index is 0.319. The highest BCUT2D eigenvalue weighted by atomic mass is 15.3. The molecule has 4 nitrogen and oxygen atoms in total. The van der Waals surface area contributed by atoms with Crippen LogP contribution in [-0.4, -0.2) is 14.8 Å². The Morgan fingerprint density at radius 1 is 1.18 bits per heavy atom. The Balaban J connectivity index is 2.65. The van der Waals surface area contributed by atoms with Crippen molar-refractivity contribution in [1.29, 1.82) is 0 Å². The average Bonchev–Trinajstić information content (AvgIpc) is 2.64. The van der Waals surface area contributed by atoms with Crippen molar-refractivity contribution in [1.82, 2.24) is 14.8 Å². The predicted octanol–water partition coefficient (Wildman–Crippen LogP) is 2.73. The van der Waals surface area contributed by atoms with Gasteiger partial charge in [0.15, 0.2) is 5.82 Å². The van der Waals surface area contributed by atoms with Crippen molar-refractivity contribution in [2.75, 3.05) is 5.73 Å². The van der Waals surface area contributed by atoms with E-state index < -0.39 is 0 Å². The van der Waals surface area contributed by atoms with Gasteiger partial charge in [-0.05, 0) is 39.3 Å². The molecule has 0 aliphatic rings. The third kappa shape index (κ3) is 1.90. The molecule has 2 aromatic rings. The maximum Gasteiger partial charge on any atom is 0.166 e. The molecule has 17 heavy (non-hydrogen) atoms. The number of benzene rings is 1. The molecule has 90 valence electrons. The molecule has 1 aromatic heterocycles. The van der Waals surface area contributed by atoms with Crippen LogP contribution in [0.25, 0.3) is 11.4 Å². The van der Waals surface area contributed by atoms with Gasteiger partial charge >= 0.3 is 0 Å². The van der Waals surface area contributed by atoms with E-state index in [-0.39, 0.29) is 0 Å². The van der Waals surface area contributed by atoms with Crippen molar-refractivity contribution in [3.05, 3.63) is 29.6 Å². The average molecular weight is 230 g/mol. The van der Waals surface area contributed by atoms with Crippen LogP contribution < -0.4 is 5.73 Å². The third-order valence-corrected chi connectivity index (χ3v) is 2.95. The highest BCUT2D eigenvalue weighted by molar-refractivity contribution is 5.74. The molecule has 0 atom stereocenters. The Morgan fingerprint density at radius 3 is 2.53 bits per heavy atom. The SMILES string of the molecule is Cc1cccc(-c2nnc(C)n2C(C)C)c1N. The second-order valence-electron chi connectivity index (χ2n) is 4.57. The fourth-order valence-electron chi connectivity index (χ4n) is 2.05. The van der Waals surface area contributed by atoms with Crippen LogP contribution in [0, 0.1) is 13.8 Å². The maximum absolute atomic E-state index is 6.11. The topological polar surface area (TPSA) is 56.7 Å². The van der Waals surface area contributed by atoms with Crippen LogP contribution in [0.2, 0.25) is 0 Å². The zero-order valence-electron chi connectivity index (χ0n) is 10.7. The first kappa shape index (κ1) is 11.6. The molecule has 0 spiro atoms. The summed E-state index contributed by atoms with van der Waals surface area (Å²) in [5.41, 5.74) is 8.92. The van der Waals surface area contributed by atoms with Crippen LogP contribution in [-0.2, 0) is 0 Å². The lowest BCUT2D eigenvalue weighted by molar-refractivity contribution is 0.588. The second-order valence-corrected chi connectivity index (χ2v) is 4.57. The van der Waals surface area contributed by atoms with Crippen molar-refractivity contribution >= 4 is 5.69 Å². The van der Waals surface area contributed by atoms with Crippen LogP contribution in [0.5, 0.6) is 0 Å². The minimum atomic E-state index is 0.319. The molecular formula is C13H18N4. The lowest BCUT2D eigenvalue weighted by Crippen LogP contribution is -2.06. The van der Waals surface area contributed by atoms with Crippen molar-refractivity contribution in [3.8, 4) is 11.4 Å². The third-order valence-electron chi connectivity index (χ3n) is 2.95. The van der Waals surface area contributed by atoms with Crippen LogP contribution in [0.15, 0.2) is 18.2 Å². The number of nitrogen functional groups attached to an aromatic ring is 1. The molecule has 0 bridgehead atoms. The molecule has 0 saturated heterocycles. The van der Waals surface area contributed by atoms with Crippen LogP contribution in [0.1, 0.15) is 31.3 Å². The van der Waals surface area contributed by atoms with Gasteiger partial charge in [0.05, 0.1) is 0 Å². The van der Waals surface area contributed by atoms with E-state index in [0.29, 0.717) is 6.04 Å². The van der Waals surface area contributed by atoms with Gasteiger partial charge < -0.3 is 10.3 Å².